The van der Waals surface area contributed by atoms with E-state index in [4.69, 9.17) is 10.00 Å². The molecule has 0 unspecified atom stereocenters. The van der Waals surface area contributed by atoms with Crippen LogP contribution in [-0.4, -0.2) is 11.8 Å². The van der Waals surface area contributed by atoms with Crippen LogP contribution in [0.4, 0.5) is 0 Å². The fourth-order valence-electron chi connectivity index (χ4n) is 2.22. The van der Waals surface area contributed by atoms with Gasteiger partial charge >= 0.3 is 5.97 Å². The summed E-state index contributed by atoms with van der Waals surface area (Å²) < 4.78 is 5.15. The number of nitriles is 1. The molecule has 4 nitrogen and oxygen atoms in total. The number of Topliss-reactive ketones (excluding diaryl/α,β-unsaturated/α-hetero) is 1. The summed E-state index contributed by atoms with van der Waals surface area (Å²) in [6.45, 7) is 3.97. The number of benzene rings is 1. The summed E-state index contributed by atoms with van der Waals surface area (Å²) in [7, 11) is 0. The van der Waals surface area contributed by atoms with Crippen LogP contribution in [0, 0.1) is 25.2 Å². The maximum absolute atomic E-state index is 12.1. The van der Waals surface area contributed by atoms with Crippen molar-refractivity contribution in [1.29, 1.82) is 5.26 Å². The van der Waals surface area contributed by atoms with Crippen LogP contribution in [0.1, 0.15) is 44.1 Å². The van der Waals surface area contributed by atoms with E-state index < -0.39 is 5.97 Å². The van der Waals surface area contributed by atoms with Gasteiger partial charge in [0.1, 0.15) is 6.61 Å². The predicted octanol–water partition coefficient (Wildman–Crippen LogP) is 3.94. The van der Waals surface area contributed by atoms with E-state index in [2.05, 4.69) is 0 Å². The fraction of sp³-hybridized carbons (Fsp3) is 0.278. The van der Waals surface area contributed by atoms with E-state index in [1.54, 1.807) is 35.6 Å². The maximum Gasteiger partial charge on any atom is 0.306 e. The summed E-state index contributed by atoms with van der Waals surface area (Å²) in [5.41, 5.74) is 1.98. The van der Waals surface area contributed by atoms with Crippen LogP contribution in [0.2, 0.25) is 0 Å². The van der Waals surface area contributed by atoms with Crippen molar-refractivity contribution >= 4 is 23.1 Å². The first kappa shape index (κ1) is 16.9. The highest BCUT2D eigenvalue weighted by Crippen LogP contribution is 2.22. The predicted molar refractivity (Wildman–Crippen MR) is 88.3 cm³/mol. The molecule has 1 heterocycles. The molecule has 0 atom stereocenters. The summed E-state index contributed by atoms with van der Waals surface area (Å²) in [5.74, 6) is -0.444. The first-order valence-corrected chi connectivity index (χ1v) is 8.06. The molecular formula is C18H17NO3S. The lowest BCUT2D eigenvalue weighted by molar-refractivity contribution is -0.144. The van der Waals surface area contributed by atoms with Gasteiger partial charge in [0.05, 0.1) is 18.1 Å². The van der Waals surface area contributed by atoms with Crippen molar-refractivity contribution < 1.29 is 14.3 Å². The number of ketones is 1. The van der Waals surface area contributed by atoms with Gasteiger partial charge in [-0.25, -0.2) is 0 Å². The molecule has 0 spiro atoms. The molecule has 2 rings (SSSR count). The summed E-state index contributed by atoms with van der Waals surface area (Å²) in [6.07, 6.45) is 0.208. The van der Waals surface area contributed by atoms with Crippen LogP contribution in [0.3, 0.4) is 0 Å². The van der Waals surface area contributed by atoms with Crippen molar-refractivity contribution in [3.05, 3.63) is 56.8 Å². The van der Waals surface area contributed by atoms with Crippen LogP contribution >= 0.6 is 11.3 Å². The normalized spacial score (nSPS) is 10.1. The number of nitrogens with zero attached hydrogens (tertiary/aromatic N) is 1. The lowest BCUT2D eigenvalue weighted by Gasteiger charge is -2.05. The van der Waals surface area contributed by atoms with Gasteiger partial charge in [0.15, 0.2) is 5.78 Å². The molecule has 0 N–H and O–H groups in total. The van der Waals surface area contributed by atoms with Crippen LogP contribution in [0.15, 0.2) is 30.3 Å². The van der Waals surface area contributed by atoms with Gasteiger partial charge in [0.25, 0.3) is 0 Å². The Bertz CT molecular complexity index is 771. The number of carbonyl (C=O) groups excluding carboxylic acids is 2. The average Bonchev–Trinajstić information content (AvgIpc) is 2.89. The number of esters is 1. The van der Waals surface area contributed by atoms with Gasteiger partial charge in [-0.1, -0.05) is 12.1 Å². The van der Waals surface area contributed by atoms with E-state index in [0.29, 0.717) is 11.1 Å². The molecule has 0 aliphatic carbocycles. The quantitative estimate of drug-likeness (QED) is 0.595. The van der Waals surface area contributed by atoms with Crippen LogP contribution in [-0.2, 0) is 16.1 Å². The van der Waals surface area contributed by atoms with Gasteiger partial charge in [0.2, 0.25) is 0 Å². The molecule has 0 bridgehead atoms. The molecule has 1 aromatic heterocycles. The van der Waals surface area contributed by atoms with Crippen molar-refractivity contribution in [2.45, 2.75) is 33.3 Å². The smallest absolute Gasteiger partial charge is 0.306 e. The number of carbonyl (C=O) groups is 2. The number of thiophene rings is 1. The molecule has 0 aliphatic heterocycles. The first-order chi connectivity index (χ1) is 11.0. The van der Waals surface area contributed by atoms with E-state index >= 15 is 0 Å². The third kappa shape index (κ3) is 4.76. The van der Waals surface area contributed by atoms with Gasteiger partial charge < -0.3 is 4.74 Å². The molecule has 0 amide bonds. The van der Waals surface area contributed by atoms with Crippen LogP contribution < -0.4 is 0 Å². The van der Waals surface area contributed by atoms with Crippen molar-refractivity contribution in [2.24, 2.45) is 0 Å². The van der Waals surface area contributed by atoms with E-state index in [9.17, 15) is 9.59 Å². The van der Waals surface area contributed by atoms with Crippen LogP contribution in [0.5, 0.6) is 0 Å². The molecule has 0 aliphatic rings. The van der Waals surface area contributed by atoms with E-state index in [0.717, 1.165) is 15.3 Å². The van der Waals surface area contributed by atoms with E-state index in [-0.39, 0.29) is 25.2 Å². The van der Waals surface area contributed by atoms with Gasteiger partial charge in [0, 0.05) is 21.7 Å². The Morgan fingerprint density at radius 1 is 1.22 bits per heavy atom. The van der Waals surface area contributed by atoms with Gasteiger partial charge in [-0.2, -0.15) is 5.26 Å². The van der Waals surface area contributed by atoms with E-state index in [1.165, 1.54) is 0 Å². The maximum atomic E-state index is 12.1. The molecule has 2 aromatic rings. The third-order valence-electron chi connectivity index (χ3n) is 3.35. The van der Waals surface area contributed by atoms with Crippen molar-refractivity contribution in [2.75, 3.05) is 0 Å². The topological polar surface area (TPSA) is 67.2 Å². The molecule has 5 heteroatoms. The minimum absolute atomic E-state index is 0.0322. The number of hydrogen-bond donors (Lipinski definition) is 0. The zero-order valence-corrected chi connectivity index (χ0v) is 13.9. The van der Waals surface area contributed by atoms with E-state index in [1.807, 2.05) is 26.0 Å². The minimum atomic E-state index is -0.412. The Kier molecular flexibility index (Phi) is 5.67. The van der Waals surface area contributed by atoms with Crippen molar-refractivity contribution in [1.82, 2.24) is 0 Å². The molecule has 0 radical (unpaired) electrons. The van der Waals surface area contributed by atoms with Crippen molar-refractivity contribution in [3.63, 3.8) is 0 Å². The lowest BCUT2D eigenvalue weighted by atomic mass is 10.1. The standard InChI is InChI=1S/C18H17NO3S/c1-12-8-16(13(2)23-12)17(20)6-7-18(21)22-11-15-5-3-4-14(9-15)10-19/h3-5,8-9H,6-7,11H2,1-2H3. The average molecular weight is 327 g/mol. The molecule has 0 fully saturated rings. The van der Waals surface area contributed by atoms with Gasteiger partial charge in [-0.3, -0.25) is 9.59 Å². The Balaban J connectivity index is 1.82. The largest absolute Gasteiger partial charge is 0.461 e. The second-order valence-corrected chi connectivity index (χ2v) is 6.68. The number of ether oxygens (including phenoxy) is 1. The monoisotopic (exact) mass is 327 g/mol. The number of hydrogen-bond acceptors (Lipinski definition) is 5. The molecule has 0 saturated carbocycles. The highest BCUT2D eigenvalue weighted by Gasteiger charge is 2.14. The fourth-order valence-corrected chi connectivity index (χ4v) is 3.17. The second-order valence-electron chi connectivity index (χ2n) is 5.22. The summed E-state index contributed by atoms with van der Waals surface area (Å²) >= 11 is 1.58. The molecule has 1 aromatic carbocycles. The first-order valence-electron chi connectivity index (χ1n) is 7.24. The Labute approximate surface area is 139 Å². The highest BCUT2D eigenvalue weighted by atomic mass is 32.1. The summed E-state index contributed by atoms with van der Waals surface area (Å²) in [6, 6.07) is 10.8. The highest BCUT2D eigenvalue weighted by molar-refractivity contribution is 7.12. The Morgan fingerprint density at radius 2 is 2.00 bits per heavy atom. The van der Waals surface area contributed by atoms with Gasteiger partial charge in [-0.05, 0) is 37.6 Å². The number of rotatable bonds is 6. The Hall–Kier alpha value is -2.45. The molecule has 118 valence electrons. The lowest BCUT2D eigenvalue weighted by Crippen LogP contribution is -2.08. The zero-order chi connectivity index (χ0) is 16.8. The SMILES string of the molecule is Cc1cc(C(=O)CCC(=O)OCc2cccc(C#N)c2)c(C)s1. The summed E-state index contributed by atoms with van der Waals surface area (Å²) in [5, 5.41) is 8.82. The second kappa shape index (κ2) is 7.70. The molecular weight excluding hydrogens is 310 g/mol. The van der Waals surface area contributed by atoms with Crippen molar-refractivity contribution in [3.8, 4) is 6.07 Å². The summed E-state index contributed by atoms with van der Waals surface area (Å²) in [4.78, 5) is 25.9. The zero-order valence-electron chi connectivity index (χ0n) is 13.1. The molecule has 0 saturated heterocycles. The third-order valence-corrected chi connectivity index (χ3v) is 4.32. The number of aryl methyl sites for hydroxylation is 2. The minimum Gasteiger partial charge on any atom is -0.461 e. The molecule has 23 heavy (non-hydrogen) atoms. The van der Waals surface area contributed by atoms with Crippen LogP contribution in [0.25, 0.3) is 0 Å². The van der Waals surface area contributed by atoms with Gasteiger partial charge in [-0.15, -0.1) is 11.3 Å². The Morgan fingerprint density at radius 3 is 2.65 bits per heavy atom.